The van der Waals surface area contributed by atoms with Gasteiger partial charge >= 0.3 is 7.60 Å². The van der Waals surface area contributed by atoms with E-state index in [1.54, 1.807) is 10.9 Å². The number of hydrogen-bond acceptors (Lipinski definition) is 7. The molecule has 1 radical (unpaired) electrons. The Morgan fingerprint density at radius 1 is 1.45 bits per heavy atom. The van der Waals surface area contributed by atoms with Gasteiger partial charge in [-0.25, -0.2) is 15.0 Å². The monoisotopic (exact) mass is 338 g/mol. The fourth-order valence-corrected chi connectivity index (χ4v) is 2.58. The average Bonchev–Trinajstić information content (AvgIpc) is 3.02. The fraction of sp³-hybridized carbons (Fsp3) is 0.500. The largest absolute Gasteiger partial charge is 0.382 e. The molecule has 2 aromatic heterocycles. The number of fused-ring (bicyclic) bond motifs is 1. The molecule has 2 aromatic rings. The van der Waals surface area contributed by atoms with E-state index in [2.05, 4.69) is 15.0 Å². The topological polar surface area (TPSA) is 146 Å². The van der Waals surface area contributed by atoms with Crippen LogP contribution in [0.4, 0.5) is 5.82 Å². The van der Waals surface area contributed by atoms with Gasteiger partial charge in [0.1, 0.15) is 24.4 Å². The second-order valence-electron chi connectivity index (χ2n) is 4.69. The van der Waals surface area contributed by atoms with Crippen molar-refractivity contribution in [3.05, 3.63) is 12.7 Å². The number of aromatic nitrogens is 4. The van der Waals surface area contributed by atoms with Gasteiger partial charge in [0.25, 0.3) is 0 Å². The summed E-state index contributed by atoms with van der Waals surface area (Å²) in [5.41, 5.74) is 6.74. The number of hydrogen-bond donors (Lipinski definition) is 3. The van der Waals surface area contributed by atoms with Crippen molar-refractivity contribution in [2.45, 2.75) is 18.8 Å². The van der Waals surface area contributed by atoms with Gasteiger partial charge in [0, 0.05) is 36.0 Å². The molecule has 0 amide bonds. The van der Waals surface area contributed by atoms with Crippen LogP contribution in [0.25, 0.3) is 11.2 Å². The minimum Gasteiger partial charge on any atom is -0.382 e. The molecule has 1 aliphatic heterocycles. The van der Waals surface area contributed by atoms with Crippen LogP contribution in [0.1, 0.15) is 12.6 Å². The number of rotatable bonds is 4. The molecule has 3 rings (SSSR count). The molecule has 2 atom stereocenters. The molecule has 0 unspecified atom stereocenters. The quantitative estimate of drug-likeness (QED) is 0.494. The summed E-state index contributed by atoms with van der Waals surface area (Å²) in [4.78, 5) is 29.7. The van der Waals surface area contributed by atoms with E-state index in [1.807, 2.05) is 0 Å². The Morgan fingerprint density at radius 2 is 2.23 bits per heavy atom. The van der Waals surface area contributed by atoms with Crippen molar-refractivity contribution in [3.63, 3.8) is 0 Å². The van der Waals surface area contributed by atoms with Crippen molar-refractivity contribution < 1.29 is 23.8 Å². The summed E-state index contributed by atoms with van der Waals surface area (Å²) in [6.07, 6.45) is 1.95. The molecule has 10 nitrogen and oxygen atoms in total. The first-order chi connectivity index (χ1) is 9.94. The zero-order valence-corrected chi connectivity index (χ0v) is 14.8. The van der Waals surface area contributed by atoms with Gasteiger partial charge < -0.3 is 25.0 Å². The summed E-state index contributed by atoms with van der Waals surface area (Å²) >= 11 is 0. The van der Waals surface area contributed by atoms with Crippen molar-refractivity contribution in [2.75, 3.05) is 18.7 Å². The number of imidazole rings is 1. The summed E-state index contributed by atoms with van der Waals surface area (Å²) in [7, 11) is -4.18. The Labute approximate surface area is 147 Å². The third-order valence-corrected chi connectivity index (χ3v) is 3.60. The van der Waals surface area contributed by atoms with Gasteiger partial charge in [-0.15, -0.1) is 0 Å². The summed E-state index contributed by atoms with van der Waals surface area (Å²) < 4.78 is 23.2. The van der Waals surface area contributed by atoms with Gasteiger partial charge in [0.15, 0.2) is 11.5 Å². The second kappa shape index (κ2) is 6.90. The maximum Gasteiger partial charge on any atom is 0.350 e. The Morgan fingerprint density at radius 3 is 2.95 bits per heavy atom. The van der Waals surface area contributed by atoms with Crippen molar-refractivity contribution in [1.29, 1.82) is 0 Å². The van der Waals surface area contributed by atoms with E-state index in [9.17, 15) is 4.57 Å². The van der Waals surface area contributed by atoms with Crippen LogP contribution in [-0.4, -0.2) is 77.9 Å². The van der Waals surface area contributed by atoms with Crippen LogP contribution >= 0.6 is 7.60 Å². The van der Waals surface area contributed by atoms with Gasteiger partial charge in [0.05, 0.1) is 19.0 Å². The number of ether oxygens (including phenoxy) is 2. The van der Waals surface area contributed by atoms with E-state index in [0.29, 0.717) is 17.6 Å². The zero-order chi connectivity index (χ0) is 15.0. The molecule has 0 aromatic carbocycles. The van der Waals surface area contributed by atoms with E-state index in [1.165, 1.54) is 6.33 Å². The maximum absolute atomic E-state index is 10.8. The fourth-order valence-electron chi connectivity index (χ4n) is 2.17. The molecule has 12 heteroatoms. The van der Waals surface area contributed by atoms with Gasteiger partial charge in [-0.05, 0) is 0 Å². The Kier molecular flexibility index (Phi) is 5.57. The third-order valence-electron chi connectivity index (χ3n) is 3.11. The predicted octanol–water partition coefficient (Wildman–Crippen LogP) is -0.533. The molecule has 1 saturated heterocycles. The Hall–Kier alpha value is -0.580. The molecule has 1 fully saturated rings. The van der Waals surface area contributed by atoms with E-state index in [4.69, 9.17) is 25.0 Å². The summed E-state index contributed by atoms with van der Waals surface area (Å²) in [5, 5.41) is 0. The minimum absolute atomic E-state index is 0. The second-order valence-corrected chi connectivity index (χ2v) is 6.28. The average molecular weight is 338 g/mol. The standard InChI is InChI=1S/C10H14N5O5P.Na/c11-9-8-10(13-3-12-9)15(4-14-8)7-1-6(2-19-7)20-5-21(16,17)18;/h3-4,6-7H,1-2,5H2,(H2,11,12,13)(H2,16,17,18);/t6-,7-;/m1./s1. The van der Waals surface area contributed by atoms with Crippen molar-refractivity contribution in [2.24, 2.45) is 0 Å². The first kappa shape index (κ1) is 17.8. The normalized spacial score (nSPS) is 21.9. The van der Waals surface area contributed by atoms with Crippen molar-refractivity contribution >= 4 is 54.1 Å². The zero-order valence-electron chi connectivity index (χ0n) is 11.9. The van der Waals surface area contributed by atoms with Crippen LogP contribution in [-0.2, 0) is 14.0 Å². The smallest absolute Gasteiger partial charge is 0.350 e. The molecule has 115 valence electrons. The van der Waals surface area contributed by atoms with Crippen LogP contribution < -0.4 is 5.73 Å². The Bertz CT molecular complexity index is 706. The molecule has 3 heterocycles. The molecule has 22 heavy (non-hydrogen) atoms. The van der Waals surface area contributed by atoms with Crippen LogP contribution in [0.5, 0.6) is 0 Å². The van der Waals surface area contributed by atoms with Crippen LogP contribution in [0.2, 0.25) is 0 Å². The third kappa shape index (κ3) is 3.84. The summed E-state index contributed by atoms with van der Waals surface area (Å²) in [6, 6.07) is 0. The van der Waals surface area contributed by atoms with Crippen LogP contribution in [0, 0.1) is 0 Å². The van der Waals surface area contributed by atoms with Gasteiger partial charge in [-0.1, -0.05) is 0 Å². The number of anilines is 1. The maximum atomic E-state index is 10.8. The summed E-state index contributed by atoms with van der Waals surface area (Å²) in [5.74, 6) is 0.283. The predicted molar refractivity (Wildman–Crippen MR) is 76.9 cm³/mol. The van der Waals surface area contributed by atoms with E-state index >= 15 is 0 Å². The van der Waals surface area contributed by atoms with Gasteiger partial charge in [-0.3, -0.25) is 9.13 Å². The van der Waals surface area contributed by atoms with Crippen molar-refractivity contribution in [1.82, 2.24) is 19.5 Å². The van der Waals surface area contributed by atoms with Gasteiger partial charge in [-0.2, -0.15) is 0 Å². The van der Waals surface area contributed by atoms with Crippen LogP contribution in [0.3, 0.4) is 0 Å². The molecule has 0 saturated carbocycles. The minimum atomic E-state index is -4.18. The van der Waals surface area contributed by atoms with E-state index in [0.717, 1.165) is 0 Å². The molecular formula is C10H14N5NaO5P. The van der Waals surface area contributed by atoms with Gasteiger partial charge in [0.2, 0.25) is 0 Å². The van der Waals surface area contributed by atoms with E-state index < -0.39 is 13.9 Å². The van der Waals surface area contributed by atoms with Crippen LogP contribution in [0.15, 0.2) is 12.7 Å². The number of nitrogen functional groups attached to an aromatic ring is 1. The summed E-state index contributed by atoms with van der Waals surface area (Å²) in [6.45, 7) is 0.241. The number of nitrogens with zero attached hydrogens (tertiary/aromatic N) is 4. The molecule has 4 N–H and O–H groups in total. The Balaban J connectivity index is 0.00000176. The molecule has 0 aliphatic carbocycles. The number of nitrogens with two attached hydrogens (primary N) is 1. The first-order valence-corrected chi connectivity index (χ1v) is 7.94. The molecule has 0 spiro atoms. The van der Waals surface area contributed by atoms with Crippen molar-refractivity contribution in [3.8, 4) is 0 Å². The SMILES string of the molecule is Nc1ncnc2c1ncn2[C@H]1C[C@@H](OCP(=O)(O)O)CO1.[Na]. The molecular weight excluding hydrogens is 324 g/mol. The first-order valence-electron chi connectivity index (χ1n) is 6.15. The molecule has 0 bridgehead atoms. The van der Waals surface area contributed by atoms with E-state index in [-0.39, 0.29) is 54.3 Å². The molecule has 1 aliphatic rings.